The fourth-order valence-electron chi connectivity index (χ4n) is 1.70. The van der Waals surface area contributed by atoms with Gasteiger partial charge in [0.1, 0.15) is 17.3 Å². The van der Waals surface area contributed by atoms with Crippen LogP contribution in [0.1, 0.15) is 33.6 Å². The van der Waals surface area contributed by atoms with Gasteiger partial charge in [-0.3, -0.25) is 14.4 Å². The summed E-state index contributed by atoms with van der Waals surface area (Å²) in [4.78, 5) is 36.7. The lowest BCUT2D eigenvalue weighted by atomic mass is 9.96. The highest BCUT2D eigenvalue weighted by Crippen LogP contribution is 2.21. The smallest absolute Gasteiger partial charge is 0.268 e. The van der Waals surface area contributed by atoms with Crippen LogP contribution in [0.25, 0.3) is 0 Å². The molecule has 3 N–H and O–H groups in total. The lowest BCUT2D eigenvalue weighted by molar-refractivity contribution is -0.173. The number of carbonyl (C=O) groups excluding carboxylic acids is 3. The summed E-state index contributed by atoms with van der Waals surface area (Å²) in [7, 11) is 0. The molecular weight excluding hydrogens is 290 g/mol. The molecular formula is C15H23NO6. The van der Waals surface area contributed by atoms with E-state index in [1.54, 1.807) is 0 Å². The van der Waals surface area contributed by atoms with Crippen LogP contribution in [0.5, 0.6) is 0 Å². The molecule has 0 fully saturated rings. The van der Waals surface area contributed by atoms with Crippen LogP contribution in [-0.2, 0) is 14.4 Å². The van der Waals surface area contributed by atoms with Crippen molar-refractivity contribution in [2.24, 2.45) is 0 Å². The van der Waals surface area contributed by atoms with Gasteiger partial charge < -0.3 is 15.3 Å². The van der Waals surface area contributed by atoms with Crippen molar-refractivity contribution < 1.29 is 29.7 Å². The summed E-state index contributed by atoms with van der Waals surface area (Å²) in [5.74, 6) is -3.72. The first-order valence-electron chi connectivity index (χ1n) is 6.69. The first-order valence-corrected chi connectivity index (χ1v) is 6.69. The van der Waals surface area contributed by atoms with Gasteiger partial charge in [0, 0.05) is 12.8 Å². The second kappa shape index (κ2) is 7.44. The van der Waals surface area contributed by atoms with E-state index in [9.17, 15) is 29.7 Å². The van der Waals surface area contributed by atoms with Crippen LogP contribution < -0.4 is 0 Å². The Morgan fingerprint density at radius 1 is 1.05 bits per heavy atom. The van der Waals surface area contributed by atoms with E-state index < -0.39 is 35.0 Å². The molecule has 0 aromatic carbocycles. The Labute approximate surface area is 129 Å². The molecule has 0 aromatic rings. The Balaban J connectivity index is 5.82. The SMILES string of the molecule is C=CCC(C)(O)C(=O)N(C(=O)C(C)O)C(=O)C(C)(O)CC=C. The first-order chi connectivity index (χ1) is 9.92. The van der Waals surface area contributed by atoms with Gasteiger partial charge in [0.2, 0.25) is 0 Å². The number of hydrogen-bond donors (Lipinski definition) is 3. The van der Waals surface area contributed by atoms with E-state index in [1.807, 2.05) is 0 Å². The number of aliphatic hydroxyl groups is 3. The molecule has 0 aliphatic carbocycles. The largest absolute Gasteiger partial charge is 0.384 e. The average Bonchev–Trinajstić information content (AvgIpc) is 2.38. The third-order valence-corrected chi connectivity index (χ3v) is 2.99. The maximum atomic E-state index is 12.3. The van der Waals surface area contributed by atoms with E-state index in [0.717, 1.165) is 20.8 Å². The Bertz CT molecular complexity index is 444. The van der Waals surface area contributed by atoms with Crippen molar-refractivity contribution >= 4 is 17.7 Å². The van der Waals surface area contributed by atoms with Crippen LogP contribution in [0.3, 0.4) is 0 Å². The number of carbonyl (C=O) groups is 3. The van der Waals surface area contributed by atoms with Crippen LogP contribution in [0, 0.1) is 0 Å². The molecule has 7 heteroatoms. The third kappa shape index (κ3) is 4.59. The molecule has 0 saturated heterocycles. The molecule has 0 bridgehead atoms. The quantitative estimate of drug-likeness (QED) is 0.566. The summed E-state index contributed by atoms with van der Waals surface area (Å²) in [6, 6.07) is 0. The molecule has 0 heterocycles. The van der Waals surface area contributed by atoms with Gasteiger partial charge in [0.05, 0.1) is 0 Å². The van der Waals surface area contributed by atoms with Gasteiger partial charge in [-0.15, -0.1) is 13.2 Å². The molecule has 3 atom stereocenters. The molecule has 7 nitrogen and oxygen atoms in total. The Hall–Kier alpha value is -1.83. The van der Waals surface area contributed by atoms with Crippen LogP contribution in [0.15, 0.2) is 25.3 Å². The summed E-state index contributed by atoms with van der Waals surface area (Å²) in [5.41, 5.74) is -4.15. The van der Waals surface area contributed by atoms with Gasteiger partial charge in [0.15, 0.2) is 0 Å². The number of imide groups is 3. The monoisotopic (exact) mass is 313 g/mol. The predicted octanol–water partition coefficient (Wildman–Crippen LogP) is -0.0968. The second-order valence-corrected chi connectivity index (χ2v) is 5.49. The Morgan fingerprint density at radius 2 is 1.36 bits per heavy atom. The number of nitrogens with zero attached hydrogens (tertiary/aromatic N) is 1. The second-order valence-electron chi connectivity index (χ2n) is 5.49. The molecule has 3 unspecified atom stereocenters. The van der Waals surface area contributed by atoms with Gasteiger partial charge in [-0.25, -0.2) is 4.90 Å². The minimum absolute atomic E-state index is 0.0810. The Kier molecular flexibility index (Phi) is 6.82. The highest BCUT2D eigenvalue weighted by atomic mass is 16.3. The van der Waals surface area contributed by atoms with Crippen molar-refractivity contribution in [1.29, 1.82) is 0 Å². The summed E-state index contributed by atoms with van der Waals surface area (Å²) in [6.45, 7) is 10.0. The molecule has 0 rings (SSSR count). The zero-order valence-corrected chi connectivity index (χ0v) is 13.1. The number of rotatable bonds is 7. The molecule has 3 amide bonds. The molecule has 0 radical (unpaired) electrons. The Morgan fingerprint density at radius 3 is 1.59 bits per heavy atom. The predicted molar refractivity (Wildman–Crippen MR) is 79.4 cm³/mol. The molecule has 0 aliphatic rings. The number of aliphatic hydroxyl groups excluding tert-OH is 1. The zero-order valence-electron chi connectivity index (χ0n) is 13.1. The minimum atomic E-state index is -2.08. The topological polar surface area (TPSA) is 115 Å². The van der Waals surface area contributed by atoms with Gasteiger partial charge in [-0.05, 0) is 20.8 Å². The van der Waals surface area contributed by atoms with Gasteiger partial charge in [-0.2, -0.15) is 0 Å². The number of hydrogen-bond acceptors (Lipinski definition) is 6. The fourth-order valence-corrected chi connectivity index (χ4v) is 1.70. The standard InChI is InChI=1S/C15H23NO6/c1-6-8-14(4,21)12(19)16(11(18)10(3)17)13(20)15(5,22)9-7-2/h6-7,10,17,21-22H,1-2,8-9H2,3-5H3. The molecule has 0 saturated carbocycles. The molecule has 0 aromatic heterocycles. The van der Waals surface area contributed by atoms with Crippen LogP contribution >= 0.6 is 0 Å². The van der Waals surface area contributed by atoms with Gasteiger partial charge in [-0.1, -0.05) is 12.2 Å². The van der Waals surface area contributed by atoms with Crippen LogP contribution in [0.2, 0.25) is 0 Å². The highest BCUT2D eigenvalue weighted by molar-refractivity contribution is 6.16. The molecule has 0 aliphatic heterocycles. The molecule has 22 heavy (non-hydrogen) atoms. The van der Waals surface area contributed by atoms with E-state index in [1.165, 1.54) is 12.2 Å². The maximum Gasteiger partial charge on any atom is 0.268 e. The van der Waals surface area contributed by atoms with Crippen molar-refractivity contribution in [2.75, 3.05) is 0 Å². The summed E-state index contributed by atoms with van der Waals surface area (Å²) in [5, 5.41) is 29.5. The van der Waals surface area contributed by atoms with Gasteiger partial charge >= 0.3 is 0 Å². The number of amides is 3. The zero-order chi connectivity index (χ0) is 17.7. The van der Waals surface area contributed by atoms with Gasteiger partial charge in [0.25, 0.3) is 17.7 Å². The first kappa shape index (κ1) is 20.2. The van der Waals surface area contributed by atoms with E-state index in [4.69, 9.17) is 0 Å². The third-order valence-electron chi connectivity index (χ3n) is 2.99. The molecule has 124 valence electrons. The van der Waals surface area contributed by atoms with E-state index in [-0.39, 0.29) is 17.7 Å². The highest BCUT2D eigenvalue weighted by Gasteiger charge is 2.46. The normalized spacial score (nSPS) is 17.5. The van der Waals surface area contributed by atoms with Crippen molar-refractivity contribution in [1.82, 2.24) is 4.90 Å². The lowest BCUT2D eigenvalue weighted by Crippen LogP contribution is -2.59. The van der Waals surface area contributed by atoms with E-state index in [2.05, 4.69) is 13.2 Å². The molecule has 0 spiro atoms. The maximum absolute atomic E-state index is 12.3. The van der Waals surface area contributed by atoms with Crippen molar-refractivity contribution in [3.8, 4) is 0 Å². The summed E-state index contributed by atoms with van der Waals surface area (Å²) < 4.78 is 0. The van der Waals surface area contributed by atoms with Crippen LogP contribution in [-0.4, -0.2) is 55.2 Å². The minimum Gasteiger partial charge on any atom is -0.384 e. The fraction of sp³-hybridized carbons (Fsp3) is 0.533. The van der Waals surface area contributed by atoms with Crippen molar-refractivity contribution in [3.05, 3.63) is 25.3 Å². The van der Waals surface area contributed by atoms with Crippen molar-refractivity contribution in [3.63, 3.8) is 0 Å². The van der Waals surface area contributed by atoms with Crippen LogP contribution in [0.4, 0.5) is 0 Å². The van der Waals surface area contributed by atoms with Crippen molar-refractivity contribution in [2.45, 2.75) is 50.9 Å². The van der Waals surface area contributed by atoms with E-state index >= 15 is 0 Å². The lowest BCUT2D eigenvalue weighted by Gasteiger charge is -2.32. The summed E-state index contributed by atoms with van der Waals surface area (Å²) >= 11 is 0. The van der Waals surface area contributed by atoms with E-state index in [0.29, 0.717) is 0 Å². The average molecular weight is 313 g/mol. The summed E-state index contributed by atoms with van der Waals surface area (Å²) in [6.07, 6.45) is 0.398.